The highest BCUT2D eigenvalue weighted by Gasteiger charge is 2.51. The van der Waals surface area contributed by atoms with Gasteiger partial charge >= 0.3 is 0 Å². The molecule has 0 aliphatic heterocycles. The Morgan fingerprint density at radius 3 is 1.14 bits per heavy atom. The van der Waals surface area contributed by atoms with Crippen LogP contribution in [0, 0.1) is 5.41 Å². The van der Waals surface area contributed by atoms with E-state index < -0.39 is 0 Å². The van der Waals surface area contributed by atoms with Crippen LogP contribution >= 0.6 is 0 Å². The van der Waals surface area contributed by atoms with Crippen LogP contribution in [0.4, 0.5) is 0 Å². The number of nitrogens with zero attached hydrogens (tertiary/aromatic N) is 2. The first-order valence-corrected chi connectivity index (χ1v) is 16.7. The molecule has 5 rings (SSSR count). The molecule has 37 heavy (non-hydrogen) atoms. The largest absolute Gasteiger partial charge is 0.395 e. The highest BCUT2D eigenvalue weighted by molar-refractivity contribution is 5.46. The molecule has 0 spiro atoms. The number of nitrogens with one attached hydrogen (secondary N) is 1. The fourth-order valence-corrected chi connectivity index (χ4v) is 8.52. The van der Waals surface area contributed by atoms with Gasteiger partial charge in [0.05, 0.1) is 24.0 Å². The summed E-state index contributed by atoms with van der Waals surface area (Å²) >= 11 is 0. The summed E-state index contributed by atoms with van der Waals surface area (Å²) < 4.78 is 0. The Balaban J connectivity index is 1.51. The van der Waals surface area contributed by atoms with Crippen LogP contribution in [0.1, 0.15) is 149 Å². The lowest BCUT2D eigenvalue weighted by atomic mass is 9.86. The van der Waals surface area contributed by atoms with Crippen molar-refractivity contribution in [2.45, 2.75) is 185 Å². The van der Waals surface area contributed by atoms with Crippen LogP contribution in [0.25, 0.3) is 0 Å². The van der Waals surface area contributed by atoms with Crippen LogP contribution < -0.4 is 5.32 Å². The summed E-state index contributed by atoms with van der Waals surface area (Å²) in [6, 6.07) is 3.41. The van der Waals surface area contributed by atoms with Crippen molar-refractivity contribution in [1.29, 1.82) is 0 Å². The lowest BCUT2D eigenvalue weighted by molar-refractivity contribution is 0.113. The molecule has 4 heteroatoms. The van der Waals surface area contributed by atoms with E-state index in [1.807, 2.05) is 0 Å². The third-order valence-corrected chi connectivity index (χ3v) is 10.8. The molecule has 4 saturated carbocycles. The smallest absolute Gasteiger partial charge is 0.0918 e. The summed E-state index contributed by atoms with van der Waals surface area (Å²) in [6.45, 7) is 7.11. The molecule has 212 valence electrons. The third kappa shape index (κ3) is 6.53. The van der Waals surface area contributed by atoms with Gasteiger partial charge in [-0.1, -0.05) is 97.8 Å². The molecule has 0 heterocycles. The summed E-state index contributed by atoms with van der Waals surface area (Å²) in [6.07, 6.45) is 28.0. The predicted octanol–water partition coefficient (Wildman–Crippen LogP) is 7.51. The Labute approximate surface area is 229 Å². The quantitative estimate of drug-likeness (QED) is 0.334. The minimum Gasteiger partial charge on any atom is -0.395 e. The first-order chi connectivity index (χ1) is 18.0. The van der Waals surface area contributed by atoms with Crippen LogP contribution in [-0.2, 0) is 0 Å². The van der Waals surface area contributed by atoms with Gasteiger partial charge in [0, 0.05) is 30.2 Å². The van der Waals surface area contributed by atoms with Crippen LogP contribution in [0.5, 0.6) is 0 Å². The van der Waals surface area contributed by atoms with E-state index in [0.717, 1.165) is 24.2 Å². The Kier molecular flexibility index (Phi) is 9.49. The average Bonchev–Trinajstić information content (AvgIpc) is 3.61. The van der Waals surface area contributed by atoms with Gasteiger partial charge in [0.1, 0.15) is 0 Å². The lowest BCUT2D eigenvalue weighted by Gasteiger charge is -2.43. The van der Waals surface area contributed by atoms with Crippen molar-refractivity contribution in [2.75, 3.05) is 6.61 Å². The molecule has 5 aliphatic carbocycles. The molecular weight excluding hydrogens is 454 g/mol. The second-order valence-corrected chi connectivity index (χ2v) is 14.5. The lowest BCUT2D eigenvalue weighted by Crippen LogP contribution is -2.50. The number of hydrogen-bond donors (Lipinski definition) is 2. The van der Waals surface area contributed by atoms with Crippen LogP contribution in [-0.4, -0.2) is 57.8 Å². The van der Waals surface area contributed by atoms with Crippen molar-refractivity contribution in [1.82, 2.24) is 15.1 Å². The zero-order valence-corrected chi connectivity index (χ0v) is 24.7. The molecule has 0 aromatic rings. The monoisotopic (exact) mass is 513 g/mol. The van der Waals surface area contributed by atoms with Gasteiger partial charge in [0.25, 0.3) is 0 Å². The molecule has 0 amide bonds. The maximum Gasteiger partial charge on any atom is 0.0918 e. The molecule has 1 atom stereocenters. The highest BCUT2D eigenvalue weighted by atomic mass is 16.3. The first-order valence-electron chi connectivity index (χ1n) is 16.7. The van der Waals surface area contributed by atoms with Crippen molar-refractivity contribution in [3.63, 3.8) is 0 Å². The van der Waals surface area contributed by atoms with Crippen LogP contribution in [0.15, 0.2) is 11.4 Å². The molecule has 4 nitrogen and oxygen atoms in total. The molecule has 0 saturated heterocycles. The summed E-state index contributed by atoms with van der Waals surface area (Å²) in [5.74, 6) is 0. The van der Waals surface area contributed by atoms with E-state index >= 15 is 0 Å². The van der Waals surface area contributed by atoms with E-state index in [2.05, 4.69) is 35.9 Å². The zero-order chi connectivity index (χ0) is 25.8. The van der Waals surface area contributed by atoms with E-state index in [1.165, 1.54) is 128 Å². The fourth-order valence-electron chi connectivity index (χ4n) is 8.52. The SMILES string of the molecule is CC(C)(C)[C@@H](CO)NC1C(N(C2CCCCC2)C2CCCCC2)=C1N(C1CCCCC1)C1CCCCC1. The number of rotatable bonds is 9. The molecule has 0 aromatic carbocycles. The van der Waals surface area contributed by atoms with E-state index in [1.54, 1.807) is 11.4 Å². The van der Waals surface area contributed by atoms with Gasteiger partial charge in [-0.05, 0) is 56.8 Å². The van der Waals surface area contributed by atoms with Gasteiger partial charge in [-0.3, -0.25) is 5.32 Å². The normalized spacial score (nSPS) is 26.9. The first kappa shape index (κ1) is 27.8. The van der Waals surface area contributed by atoms with Crippen molar-refractivity contribution in [2.24, 2.45) is 5.41 Å². The maximum absolute atomic E-state index is 10.5. The van der Waals surface area contributed by atoms with Gasteiger partial charge < -0.3 is 14.9 Å². The Bertz CT molecular complexity index is 647. The van der Waals surface area contributed by atoms with E-state index in [9.17, 15) is 5.11 Å². The molecule has 2 N–H and O–H groups in total. The van der Waals surface area contributed by atoms with E-state index in [-0.39, 0.29) is 18.1 Å². The van der Waals surface area contributed by atoms with Crippen LogP contribution in [0.2, 0.25) is 0 Å². The highest BCUT2D eigenvalue weighted by Crippen LogP contribution is 2.48. The molecule has 0 radical (unpaired) electrons. The van der Waals surface area contributed by atoms with Gasteiger partial charge in [-0.25, -0.2) is 0 Å². The van der Waals surface area contributed by atoms with Gasteiger partial charge in [-0.15, -0.1) is 0 Å². The summed E-state index contributed by atoms with van der Waals surface area (Å²) in [7, 11) is 0. The number of aliphatic hydroxyl groups excluding tert-OH is 1. The second-order valence-electron chi connectivity index (χ2n) is 14.5. The minimum absolute atomic E-state index is 0.0502. The molecule has 0 bridgehead atoms. The second kappa shape index (κ2) is 12.6. The molecule has 5 aliphatic rings. The Morgan fingerprint density at radius 2 is 0.892 bits per heavy atom. The van der Waals surface area contributed by atoms with Gasteiger partial charge in [0.2, 0.25) is 0 Å². The minimum atomic E-state index is 0.0502. The predicted molar refractivity (Wildman–Crippen MR) is 155 cm³/mol. The fraction of sp³-hybridized carbons (Fsp3) is 0.939. The van der Waals surface area contributed by atoms with Gasteiger partial charge in [-0.2, -0.15) is 0 Å². The van der Waals surface area contributed by atoms with Crippen molar-refractivity contribution in [3.05, 3.63) is 11.4 Å². The number of aliphatic hydroxyl groups is 1. The molecular formula is C33H59N3O. The van der Waals surface area contributed by atoms with E-state index in [4.69, 9.17) is 0 Å². The zero-order valence-electron chi connectivity index (χ0n) is 24.7. The molecule has 4 fully saturated rings. The third-order valence-electron chi connectivity index (χ3n) is 10.8. The summed E-state index contributed by atoms with van der Waals surface area (Å²) in [5.41, 5.74) is 3.41. The Morgan fingerprint density at radius 1 is 0.595 bits per heavy atom. The van der Waals surface area contributed by atoms with E-state index in [0.29, 0.717) is 6.04 Å². The summed E-state index contributed by atoms with van der Waals surface area (Å²) in [5, 5.41) is 14.6. The van der Waals surface area contributed by atoms with Crippen molar-refractivity contribution >= 4 is 0 Å². The van der Waals surface area contributed by atoms with Crippen molar-refractivity contribution < 1.29 is 5.11 Å². The Hall–Kier alpha value is -0.740. The maximum atomic E-state index is 10.5. The standard InChI is InChI=1S/C33H59N3O/c1-33(2,3)29(24-37)34-30-31(35(25-16-8-4-9-17-25)26-18-10-5-11-19-26)32(30)36(27-20-12-6-13-21-27)28-22-14-7-15-23-28/h25-30,34,37H,4-24H2,1-3H3/t29-/m1/s1. The molecule has 0 aromatic heterocycles. The topological polar surface area (TPSA) is 38.7 Å². The van der Waals surface area contributed by atoms with Gasteiger partial charge in [0.15, 0.2) is 0 Å². The molecule has 0 unspecified atom stereocenters. The van der Waals surface area contributed by atoms with Crippen LogP contribution in [0.3, 0.4) is 0 Å². The summed E-state index contributed by atoms with van der Waals surface area (Å²) in [4.78, 5) is 6.06. The average molecular weight is 514 g/mol. The van der Waals surface area contributed by atoms with Crippen molar-refractivity contribution in [3.8, 4) is 0 Å². The number of hydrogen-bond acceptors (Lipinski definition) is 4.